The van der Waals surface area contributed by atoms with Crippen molar-refractivity contribution >= 4 is 5.91 Å². The molecule has 0 aliphatic carbocycles. The lowest BCUT2D eigenvalue weighted by molar-refractivity contribution is -0.125. The first kappa shape index (κ1) is 7.81. The smallest absolute Gasteiger partial charge is 0.267 e. The molecule has 0 radical (unpaired) electrons. The van der Waals surface area contributed by atoms with Crippen molar-refractivity contribution in [3.63, 3.8) is 0 Å². The molecule has 0 rings (SSSR count). The van der Waals surface area contributed by atoms with Crippen LogP contribution in [0, 0.1) is 4.91 Å². The van der Waals surface area contributed by atoms with E-state index in [0.717, 1.165) is 0 Å². The average molecular weight is 128 g/mol. The average Bonchev–Trinajstić information content (AvgIpc) is 1.84. The zero-order chi connectivity index (χ0) is 7.44. The van der Waals surface area contributed by atoms with Gasteiger partial charge in [-0.25, -0.2) is 0 Å². The number of hydrogen-bond donors (Lipinski definition) is 0. The Morgan fingerprint density at radius 1 is 1.67 bits per heavy atom. The van der Waals surface area contributed by atoms with Crippen LogP contribution in [0.25, 0.3) is 0 Å². The van der Waals surface area contributed by atoms with E-state index in [1.54, 1.807) is 0 Å². The predicted octanol–water partition coefficient (Wildman–Crippen LogP) is 0.702. The van der Waals surface area contributed by atoms with Crippen molar-refractivity contribution in [2.24, 2.45) is 5.29 Å². The summed E-state index contributed by atoms with van der Waals surface area (Å²) < 4.78 is 0. The molecule has 4 nitrogen and oxygen atoms in total. The van der Waals surface area contributed by atoms with E-state index in [9.17, 15) is 9.70 Å². The third kappa shape index (κ3) is 2.03. The highest BCUT2D eigenvalue weighted by Crippen LogP contribution is 1.94. The molecule has 0 atom stereocenters. The Hall–Kier alpha value is -1.19. The highest BCUT2D eigenvalue weighted by atomic mass is 16.3. The zero-order valence-corrected chi connectivity index (χ0v) is 5.42. The maximum atomic E-state index is 10.6. The Bertz CT molecular complexity index is 153. The number of nitrogens with zero attached hydrogens (tertiary/aromatic N) is 2. The molecule has 0 aliphatic heterocycles. The number of amides is 1. The van der Waals surface area contributed by atoms with Gasteiger partial charge in [0.05, 0.1) is 5.29 Å². The summed E-state index contributed by atoms with van der Waals surface area (Å²) in [5.41, 5.74) is 0.303. The van der Waals surface area contributed by atoms with Crippen LogP contribution in [-0.2, 0) is 4.79 Å². The van der Waals surface area contributed by atoms with Crippen LogP contribution < -0.4 is 0 Å². The van der Waals surface area contributed by atoms with Crippen LogP contribution in [0.1, 0.15) is 6.92 Å². The minimum absolute atomic E-state index is 0.303. The molecule has 0 aromatic heterocycles. The first-order valence-electron chi connectivity index (χ1n) is 2.36. The quantitative estimate of drug-likeness (QED) is 0.312. The van der Waals surface area contributed by atoms with Crippen molar-refractivity contribution in [2.75, 3.05) is 7.05 Å². The summed E-state index contributed by atoms with van der Waals surface area (Å²) in [4.78, 5) is 20.3. The molecule has 0 N–H and O–H groups in total. The van der Waals surface area contributed by atoms with Crippen LogP contribution in [0.2, 0.25) is 0 Å². The Morgan fingerprint density at radius 2 is 2.11 bits per heavy atom. The third-order valence-electron chi connectivity index (χ3n) is 0.781. The van der Waals surface area contributed by atoms with E-state index in [4.69, 9.17) is 0 Å². The number of likely N-dealkylation sites (N-methyl/N-ethyl adjacent to an activating group) is 1. The maximum absolute atomic E-state index is 10.6. The molecule has 0 saturated heterocycles. The minimum Gasteiger partial charge on any atom is -0.267 e. The van der Waals surface area contributed by atoms with Gasteiger partial charge in [0.1, 0.15) is 0 Å². The molecule has 9 heavy (non-hydrogen) atoms. The summed E-state index contributed by atoms with van der Waals surface area (Å²) >= 11 is 0. The Labute approximate surface area is 53.1 Å². The molecular formula is C5H8N2O2. The SMILES string of the molecule is C=C(C)C(=O)N(C)N=O. The van der Waals surface area contributed by atoms with Gasteiger partial charge in [0.25, 0.3) is 5.91 Å². The van der Waals surface area contributed by atoms with E-state index in [1.165, 1.54) is 14.0 Å². The highest BCUT2D eigenvalue weighted by molar-refractivity contribution is 5.91. The molecule has 0 aromatic carbocycles. The first-order valence-corrected chi connectivity index (χ1v) is 2.36. The van der Waals surface area contributed by atoms with Crippen molar-refractivity contribution in [2.45, 2.75) is 6.92 Å². The van der Waals surface area contributed by atoms with Gasteiger partial charge in [-0.05, 0) is 6.92 Å². The topological polar surface area (TPSA) is 49.7 Å². The van der Waals surface area contributed by atoms with Crippen LogP contribution in [0.5, 0.6) is 0 Å². The van der Waals surface area contributed by atoms with Gasteiger partial charge in [-0.2, -0.15) is 5.01 Å². The molecule has 0 saturated carbocycles. The van der Waals surface area contributed by atoms with Crippen LogP contribution in [0.3, 0.4) is 0 Å². The zero-order valence-electron chi connectivity index (χ0n) is 5.42. The van der Waals surface area contributed by atoms with Gasteiger partial charge in [0.2, 0.25) is 0 Å². The van der Waals surface area contributed by atoms with Crippen molar-refractivity contribution in [3.8, 4) is 0 Å². The van der Waals surface area contributed by atoms with Crippen LogP contribution in [-0.4, -0.2) is 18.0 Å². The predicted molar refractivity (Wildman–Crippen MR) is 33.4 cm³/mol. The van der Waals surface area contributed by atoms with Gasteiger partial charge in [0, 0.05) is 12.6 Å². The summed E-state index contributed by atoms with van der Waals surface area (Å²) in [6, 6.07) is 0. The molecule has 0 heterocycles. The molecule has 0 bridgehead atoms. The van der Waals surface area contributed by atoms with E-state index in [1.807, 2.05) is 0 Å². The molecule has 50 valence electrons. The lowest BCUT2D eigenvalue weighted by Gasteiger charge is -2.03. The first-order chi connectivity index (χ1) is 4.09. The van der Waals surface area contributed by atoms with Crippen LogP contribution in [0.4, 0.5) is 0 Å². The van der Waals surface area contributed by atoms with E-state index >= 15 is 0 Å². The number of hydrogen-bond acceptors (Lipinski definition) is 3. The molecule has 4 heteroatoms. The van der Waals surface area contributed by atoms with Crippen molar-refractivity contribution in [1.82, 2.24) is 5.01 Å². The second-order valence-electron chi connectivity index (χ2n) is 1.69. The molecule has 0 fully saturated rings. The van der Waals surface area contributed by atoms with E-state index in [0.29, 0.717) is 10.6 Å². The van der Waals surface area contributed by atoms with E-state index < -0.39 is 5.91 Å². The summed E-state index contributed by atoms with van der Waals surface area (Å²) in [7, 11) is 1.28. The van der Waals surface area contributed by atoms with Crippen molar-refractivity contribution < 1.29 is 4.79 Å². The molecule has 0 unspecified atom stereocenters. The maximum Gasteiger partial charge on any atom is 0.271 e. The van der Waals surface area contributed by atoms with Gasteiger partial charge in [-0.15, -0.1) is 4.91 Å². The summed E-state index contributed by atoms with van der Waals surface area (Å²) in [5.74, 6) is -0.454. The fourth-order valence-electron chi connectivity index (χ4n) is 0.313. The van der Waals surface area contributed by atoms with E-state index in [2.05, 4.69) is 11.9 Å². The summed E-state index contributed by atoms with van der Waals surface area (Å²) in [6.07, 6.45) is 0. The number of rotatable bonds is 2. The lowest BCUT2D eigenvalue weighted by Crippen LogP contribution is -2.20. The molecule has 0 spiro atoms. The monoisotopic (exact) mass is 128 g/mol. The van der Waals surface area contributed by atoms with E-state index in [-0.39, 0.29) is 0 Å². The molecule has 0 aromatic rings. The van der Waals surface area contributed by atoms with Gasteiger partial charge >= 0.3 is 0 Å². The molecule has 1 amide bonds. The van der Waals surface area contributed by atoms with Crippen molar-refractivity contribution in [3.05, 3.63) is 17.1 Å². The standard InChI is InChI=1S/C5H8N2O2/c1-4(2)5(8)7(3)6-9/h1H2,2-3H3. The minimum atomic E-state index is -0.454. The number of carbonyl (C=O) groups excluding carboxylic acids is 1. The largest absolute Gasteiger partial charge is 0.271 e. The fraction of sp³-hybridized carbons (Fsp3) is 0.400. The Balaban J connectivity index is 4.03. The Morgan fingerprint density at radius 3 is 2.22 bits per heavy atom. The second-order valence-corrected chi connectivity index (χ2v) is 1.69. The fourth-order valence-corrected chi connectivity index (χ4v) is 0.313. The summed E-state index contributed by atoms with van der Waals surface area (Å²) in [6.45, 7) is 4.85. The normalized spacial score (nSPS) is 8.22. The van der Waals surface area contributed by atoms with Gasteiger partial charge in [-0.1, -0.05) is 6.58 Å². The van der Waals surface area contributed by atoms with Gasteiger partial charge < -0.3 is 0 Å². The third-order valence-corrected chi connectivity index (χ3v) is 0.781. The summed E-state index contributed by atoms with van der Waals surface area (Å²) in [5, 5.41) is 3.08. The Kier molecular flexibility index (Phi) is 2.57. The van der Waals surface area contributed by atoms with Crippen molar-refractivity contribution in [1.29, 1.82) is 0 Å². The van der Waals surface area contributed by atoms with Crippen LogP contribution in [0.15, 0.2) is 17.4 Å². The van der Waals surface area contributed by atoms with Gasteiger partial charge in [0.15, 0.2) is 0 Å². The second kappa shape index (κ2) is 2.96. The highest BCUT2D eigenvalue weighted by Gasteiger charge is 2.07. The van der Waals surface area contributed by atoms with Gasteiger partial charge in [-0.3, -0.25) is 4.79 Å². The molecule has 0 aliphatic rings. The lowest BCUT2D eigenvalue weighted by atomic mass is 10.3. The number of nitroso groups, excluding NO2 is 1. The number of carbonyl (C=O) groups is 1. The molecular weight excluding hydrogens is 120 g/mol. The van der Waals surface area contributed by atoms with Crippen LogP contribution >= 0.6 is 0 Å².